The maximum absolute atomic E-state index is 12.9. The van der Waals surface area contributed by atoms with E-state index in [1.807, 2.05) is 0 Å². The summed E-state index contributed by atoms with van der Waals surface area (Å²) < 4.78 is 25.8. The quantitative estimate of drug-likeness (QED) is 0.807. The number of aliphatic carboxylic acids is 1. The van der Waals surface area contributed by atoms with Crippen molar-refractivity contribution in [2.24, 2.45) is 0 Å². The van der Waals surface area contributed by atoms with Gasteiger partial charge in [-0.3, -0.25) is 0 Å². The van der Waals surface area contributed by atoms with Crippen LogP contribution < -0.4 is 0 Å². The number of phenolic OH excluding ortho intramolecular Hbond substituents is 1. The number of alkyl halides is 2. The van der Waals surface area contributed by atoms with E-state index in [9.17, 15) is 13.6 Å². The minimum atomic E-state index is -4.14. The van der Waals surface area contributed by atoms with Crippen LogP contribution in [0, 0.1) is 0 Å². The van der Waals surface area contributed by atoms with Crippen molar-refractivity contribution < 1.29 is 23.8 Å². The van der Waals surface area contributed by atoms with Gasteiger partial charge in [0.1, 0.15) is 5.75 Å². The number of carbonyl (C=O) groups is 1. The first-order chi connectivity index (χ1) is 6.37. The normalized spacial score (nSPS) is 11.4. The molecule has 0 fully saturated rings. The molecular formula is C8H5ClF2O3. The summed E-state index contributed by atoms with van der Waals surface area (Å²) in [5.41, 5.74) is -1.02. The number of hydrogen-bond acceptors (Lipinski definition) is 2. The zero-order chi connectivity index (χ0) is 10.9. The lowest BCUT2D eigenvalue weighted by molar-refractivity contribution is -0.166. The molecule has 0 amide bonds. The number of benzene rings is 1. The number of hydrogen-bond donors (Lipinski definition) is 2. The topological polar surface area (TPSA) is 57.5 Å². The summed E-state index contributed by atoms with van der Waals surface area (Å²) in [7, 11) is 0. The van der Waals surface area contributed by atoms with Crippen molar-refractivity contribution in [3.05, 3.63) is 28.8 Å². The minimum absolute atomic E-state index is 0.316. The molecule has 0 unspecified atom stereocenters. The molecule has 76 valence electrons. The Kier molecular flexibility index (Phi) is 2.62. The molecule has 0 saturated carbocycles. The van der Waals surface area contributed by atoms with E-state index in [0.717, 1.165) is 12.1 Å². The highest BCUT2D eigenvalue weighted by atomic mass is 35.5. The van der Waals surface area contributed by atoms with Crippen molar-refractivity contribution in [2.45, 2.75) is 5.92 Å². The molecule has 0 saturated heterocycles. The van der Waals surface area contributed by atoms with Crippen LogP contribution in [0.5, 0.6) is 5.75 Å². The lowest BCUT2D eigenvalue weighted by Gasteiger charge is -2.13. The maximum Gasteiger partial charge on any atom is 0.379 e. The van der Waals surface area contributed by atoms with Crippen LogP contribution in [-0.2, 0) is 10.7 Å². The van der Waals surface area contributed by atoms with Gasteiger partial charge in [-0.15, -0.1) is 0 Å². The van der Waals surface area contributed by atoms with Crippen molar-refractivity contribution >= 4 is 17.6 Å². The summed E-state index contributed by atoms with van der Waals surface area (Å²) in [5.74, 6) is -7.40. The lowest BCUT2D eigenvalue weighted by atomic mass is 10.1. The molecule has 0 heterocycles. The summed E-state index contributed by atoms with van der Waals surface area (Å²) in [5, 5.41) is 17.0. The zero-order valence-corrected chi connectivity index (χ0v) is 7.42. The fraction of sp³-hybridized carbons (Fsp3) is 0.125. The first kappa shape index (κ1) is 10.7. The maximum atomic E-state index is 12.9. The summed E-state index contributed by atoms with van der Waals surface area (Å²) in [6, 6.07) is 3.11. The lowest BCUT2D eigenvalue weighted by Crippen LogP contribution is -2.25. The molecule has 0 aliphatic rings. The third kappa shape index (κ3) is 1.63. The Bertz CT molecular complexity index is 379. The molecule has 0 aromatic heterocycles. The van der Waals surface area contributed by atoms with Crippen LogP contribution in [0.15, 0.2) is 18.2 Å². The number of carboxylic acid groups (broad SMARTS) is 1. The number of halogens is 3. The zero-order valence-electron chi connectivity index (χ0n) is 6.67. The van der Waals surface area contributed by atoms with Gasteiger partial charge in [0, 0.05) is 0 Å². The van der Waals surface area contributed by atoms with Crippen LogP contribution in [0.1, 0.15) is 5.56 Å². The molecule has 3 nitrogen and oxygen atoms in total. The van der Waals surface area contributed by atoms with E-state index in [1.165, 1.54) is 6.07 Å². The van der Waals surface area contributed by atoms with Gasteiger partial charge < -0.3 is 10.2 Å². The second-order valence-electron chi connectivity index (χ2n) is 2.52. The third-order valence-corrected chi connectivity index (χ3v) is 1.90. The van der Waals surface area contributed by atoms with Crippen LogP contribution in [0.25, 0.3) is 0 Å². The standard InChI is InChI=1S/C8H5ClF2O3/c9-5-3-1-2-4(6(5)12)8(10,11)7(13)14/h1-3,12H,(H,13,14). The van der Waals surface area contributed by atoms with Crippen LogP contribution in [0.4, 0.5) is 8.78 Å². The summed E-state index contributed by atoms with van der Waals surface area (Å²) in [4.78, 5) is 10.2. The first-order valence-electron chi connectivity index (χ1n) is 3.46. The van der Waals surface area contributed by atoms with Crippen molar-refractivity contribution in [2.75, 3.05) is 0 Å². The van der Waals surface area contributed by atoms with Crippen LogP contribution in [0.2, 0.25) is 5.02 Å². The van der Waals surface area contributed by atoms with Crippen LogP contribution >= 0.6 is 11.6 Å². The predicted molar refractivity (Wildman–Crippen MR) is 44.6 cm³/mol. The van der Waals surface area contributed by atoms with Gasteiger partial charge in [-0.2, -0.15) is 8.78 Å². The summed E-state index contributed by atoms with van der Waals surface area (Å²) in [6.07, 6.45) is 0. The number of carboxylic acids is 1. The molecule has 14 heavy (non-hydrogen) atoms. The molecule has 1 aromatic carbocycles. The van der Waals surface area contributed by atoms with Crippen LogP contribution in [0.3, 0.4) is 0 Å². The van der Waals surface area contributed by atoms with Gasteiger partial charge in [0.25, 0.3) is 0 Å². The van der Waals surface area contributed by atoms with Gasteiger partial charge in [-0.1, -0.05) is 17.7 Å². The Balaban J connectivity index is 3.33. The monoisotopic (exact) mass is 222 g/mol. The van der Waals surface area contributed by atoms with E-state index in [0.29, 0.717) is 0 Å². The molecular weight excluding hydrogens is 218 g/mol. The third-order valence-electron chi connectivity index (χ3n) is 1.59. The van der Waals surface area contributed by atoms with E-state index in [4.69, 9.17) is 21.8 Å². The smallest absolute Gasteiger partial charge is 0.379 e. The molecule has 0 bridgehead atoms. The Morgan fingerprint density at radius 1 is 1.43 bits per heavy atom. The Labute approximate surface area is 82.5 Å². The van der Waals surface area contributed by atoms with Gasteiger partial charge in [0.2, 0.25) is 0 Å². The highest BCUT2D eigenvalue weighted by Crippen LogP contribution is 2.38. The van der Waals surface area contributed by atoms with Gasteiger partial charge >= 0.3 is 11.9 Å². The summed E-state index contributed by atoms with van der Waals surface area (Å²) >= 11 is 5.35. The van der Waals surface area contributed by atoms with Crippen molar-refractivity contribution in [3.8, 4) is 5.75 Å². The SMILES string of the molecule is O=C(O)C(F)(F)c1cccc(Cl)c1O. The van der Waals surface area contributed by atoms with Gasteiger partial charge in [0.05, 0.1) is 10.6 Å². The number of aromatic hydroxyl groups is 1. The van der Waals surface area contributed by atoms with E-state index in [-0.39, 0.29) is 5.02 Å². The van der Waals surface area contributed by atoms with E-state index in [1.54, 1.807) is 0 Å². The highest BCUT2D eigenvalue weighted by molar-refractivity contribution is 6.32. The van der Waals surface area contributed by atoms with Crippen LogP contribution in [-0.4, -0.2) is 16.2 Å². The Morgan fingerprint density at radius 3 is 2.50 bits per heavy atom. The number of phenols is 1. The first-order valence-corrected chi connectivity index (χ1v) is 3.84. The minimum Gasteiger partial charge on any atom is -0.506 e. The Morgan fingerprint density at radius 2 is 2.00 bits per heavy atom. The number of rotatable bonds is 2. The molecule has 0 spiro atoms. The second-order valence-corrected chi connectivity index (χ2v) is 2.92. The van der Waals surface area contributed by atoms with Gasteiger partial charge in [-0.05, 0) is 12.1 Å². The van der Waals surface area contributed by atoms with E-state index in [2.05, 4.69) is 0 Å². The molecule has 1 rings (SSSR count). The van der Waals surface area contributed by atoms with Gasteiger partial charge in [0.15, 0.2) is 0 Å². The molecule has 0 aliphatic carbocycles. The van der Waals surface area contributed by atoms with Crippen molar-refractivity contribution in [1.82, 2.24) is 0 Å². The molecule has 2 N–H and O–H groups in total. The number of para-hydroxylation sites is 1. The molecule has 0 aliphatic heterocycles. The molecule has 1 aromatic rings. The fourth-order valence-electron chi connectivity index (χ4n) is 0.884. The van der Waals surface area contributed by atoms with E-state index < -0.39 is 23.2 Å². The molecule has 6 heteroatoms. The molecule has 0 atom stereocenters. The highest BCUT2D eigenvalue weighted by Gasteiger charge is 2.43. The molecule has 0 radical (unpaired) electrons. The largest absolute Gasteiger partial charge is 0.506 e. The van der Waals surface area contributed by atoms with E-state index >= 15 is 0 Å². The predicted octanol–water partition coefficient (Wildman–Crippen LogP) is 2.22. The average Bonchev–Trinajstić information content (AvgIpc) is 2.09. The second kappa shape index (κ2) is 3.42. The summed E-state index contributed by atoms with van der Waals surface area (Å²) in [6.45, 7) is 0. The van der Waals surface area contributed by atoms with Crippen molar-refractivity contribution in [1.29, 1.82) is 0 Å². The fourth-order valence-corrected chi connectivity index (χ4v) is 1.06. The van der Waals surface area contributed by atoms with Crippen molar-refractivity contribution in [3.63, 3.8) is 0 Å². The Hall–Kier alpha value is -1.36. The average molecular weight is 223 g/mol. The van der Waals surface area contributed by atoms with Gasteiger partial charge in [-0.25, -0.2) is 4.79 Å².